The van der Waals surface area contributed by atoms with Gasteiger partial charge in [0.25, 0.3) is 0 Å². The maximum atomic E-state index is 6.32. The maximum Gasteiger partial charge on any atom is 0.159 e. The highest BCUT2D eigenvalue weighted by molar-refractivity contribution is 6.17. The summed E-state index contributed by atoms with van der Waals surface area (Å²) in [4.78, 5) is 9.42. The molecule has 0 amide bonds. The zero-order chi connectivity index (χ0) is 18.8. The molecule has 0 N–H and O–H groups in total. The summed E-state index contributed by atoms with van der Waals surface area (Å²) in [6.07, 6.45) is 1.87. The van der Waals surface area contributed by atoms with Crippen LogP contribution in [-0.2, 0) is 0 Å². The highest BCUT2D eigenvalue weighted by Crippen LogP contribution is 2.46. The lowest BCUT2D eigenvalue weighted by Crippen LogP contribution is -2.45. The summed E-state index contributed by atoms with van der Waals surface area (Å²) in [5, 5.41) is 2.31. The average Bonchev–Trinajstić information content (AvgIpc) is 3.20. The van der Waals surface area contributed by atoms with Gasteiger partial charge >= 0.3 is 0 Å². The first kappa shape index (κ1) is 16.2. The molecule has 0 saturated carbocycles. The van der Waals surface area contributed by atoms with Crippen LogP contribution in [-0.4, -0.2) is 24.9 Å². The van der Waals surface area contributed by atoms with Crippen LogP contribution < -0.4 is 9.80 Å². The molecule has 4 aromatic rings. The van der Waals surface area contributed by atoms with Crippen molar-refractivity contribution >= 4 is 47.0 Å². The highest BCUT2D eigenvalue weighted by atomic mass is 16.3. The number of rotatable bonds is 2. The Balaban J connectivity index is 1.78. The van der Waals surface area contributed by atoms with Crippen LogP contribution in [0.1, 0.15) is 19.4 Å². The third kappa shape index (κ3) is 2.34. The molecule has 1 aliphatic rings. The first-order valence-corrected chi connectivity index (χ1v) is 9.36. The molecule has 0 unspecified atom stereocenters. The van der Waals surface area contributed by atoms with Gasteiger partial charge in [-0.1, -0.05) is 30.3 Å². The van der Waals surface area contributed by atoms with Crippen LogP contribution >= 0.6 is 0 Å². The molecule has 5 rings (SSSR count). The predicted molar refractivity (Wildman–Crippen MR) is 115 cm³/mol. The first-order chi connectivity index (χ1) is 12.9. The predicted octanol–water partition coefficient (Wildman–Crippen LogP) is 4.57. The molecule has 0 aliphatic carbocycles. The molecule has 1 aliphatic heterocycles. The minimum absolute atomic E-state index is 0.00219. The number of pyridine rings is 1. The average molecular weight is 355 g/mol. The van der Waals surface area contributed by atoms with Crippen molar-refractivity contribution in [1.82, 2.24) is 4.98 Å². The number of hydrogen-bond donors (Lipinski definition) is 0. The SMILES string of the molecule is BC(C)(C)N1CN(c2c(C)ccc3c2oc2ccccc23)c2ncccc21. The summed E-state index contributed by atoms with van der Waals surface area (Å²) in [5.74, 6) is 0.989. The van der Waals surface area contributed by atoms with Crippen LogP contribution in [0.3, 0.4) is 0 Å². The van der Waals surface area contributed by atoms with Gasteiger partial charge in [-0.2, -0.15) is 0 Å². The zero-order valence-electron chi connectivity index (χ0n) is 16.2. The molecule has 0 radical (unpaired) electrons. The van der Waals surface area contributed by atoms with E-state index < -0.39 is 0 Å². The number of para-hydroxylation sites is 1. The van der Waals surface area contributed by atoms with Crippen LogP contribution in [0, 0.1) is 6.92 Å². The van der Waals surface area contributed by atoms with Gasteiger partial charge in [-0.15, -0.1) is 0 Å². The summed E-state index contributed by atoms with van der Waals surface area (Å²) < 4.78 is 6.32. The van der Waals surface area contributed by atoms with Gasteiger partial charge in [0.05, 0.1) is 18.0 Å². The van der Waals surface area contributed by atoms with E-state index in [0.717, 1.165) is 45.8 Å². The quantitative estimate of drug-likeness (QED) is 0.493. The number of hydrogen-bond acceptors (Lipinski definition) is 4. The van der Waals surface area contributed by atoms with Crippen molar-refractivity contribution in [3.8, 4) is 0 Å². The summed E-state index contributed by atoms with van der Waals surface area (Å²) >= 11 is 0. The fourth-order valence-corrected chi connectivity index (χ4v) is 4.05. The molecular weight excluding hydrogens is 333 g/mol. The normalized spacial score (nSPS) is 14.3. The molecule has 27 heavy (non-hydrogen) atoms. The largest absolute Gasteiger partial charge is 0.454 e. The molecule has 0 fully saturated rings. The minimum atomic E-state index is 0.00219. The Bertz CT molecular complexity index is 1180. The van der Waals surface area contributed by atoms with E-state index in [9.17, 15) is 0 Å². The Morgan fingerprint density at radius 1 is 1.04 bits per heavy atom. The number of fused-ring (bicyclic) bond motifs is 4. The van der Waals surface area contributed by atoms with Crippen molar-refractivity contribution in [2.45, 2.75) is 26.2 Å². The number of nitrogens with zero attached hydrogens (tertiary/aromatic N) is 3. The number of aromatic nitrogens is 1. The molecule has 4 nitrogen and oxygen atoms in total. The molecular formula is C22H22BN3O. The Labute approximate surface area is 159 Å². The second-order valence-electron chi connectivity index (χ2n) is 8.22. The maximum absolute atomic E-state index is 6.32. The lowest BCUT2D eigenvalue weighted by atomic mass is 9.80. The minimum Gasteiger partial charge on any atom is -0.454 e. The standard InChI is InChI=1S/C22H22BN3O/c1-14-10-11-16-15-7-4-5-9-18(15)27-20(16)19(14)25-13-26(22(2,3)23)17-8-6-12-24-21(17)25/h4-12H,13,23H2,1-3H3. The van der Waals surface area contributed by atoms with Crippen molar-refractivity contribution in [1.29, 1.82) is 0 Å². The second kappa shape index (κ2) is 5.52. The van der Waals surface area contributed by atoms with Gasteiger partial charge in [-0.25, -0.2) is 4.98 Å². The van der Waals surface area contributed by atoms with E-state index in [1.165, 1.54) is 5.56 Å². The van der Waals surface area contributed by atoms with Crippen molar-refractivity contribution in [2.75, 3.05) is 16.5 Å². The van der Waals surface area contributed by atoms with E-state index in [0.29, 0.717) is 0 Å². The van der Waals surface area contributed by atoms with Gasteiger partial charge in [-0.3, -0.25) is 0 Å². The van der Waals surface area contributed by atoms with Gasteiger partial charge in [0.15, 0.2) is 11.4 Å². The lowest BCUT2D eigenvalue weighted by Gasteiger charge is -2.34. The van der Waals surface area contributed by atoms with Crippen LogP contribution in [0.2, 0.25) is 0 Å². The number of anilines is 3. The fourth-order valence-electron chi connectivity index (χ4n) is 4.05. The van der Waals surface area contributed by atoms with Gasteiger partial charge in [0.1, 0.15) is 13.4 Å². The Morgan fingerprint density at radius 2 is 1.85 bits per heavy atom. The van der Waals surface area contributed by atoms with Gasteiger partial charge < -0.3 is 14.2 Å². The van der Waals surface area contributed by atoms with Gasteiger partial charge in [0.2, 0.25) is 0 Å². The summed E-state index contributed by atoms with van der Waals surface area (Å²) in [6, 6.07) is 16.7. The fraction of sp³-hybridized carbons (Fsp3) is 0.227. The van der Waals surface area contributed by atoms with Crippen LogP contribution in [0.5, 0.6) is 0 Å². The molecule has 5 heteroatoms. The number of furan rings is 1. The molecule has 0 spiro atoms. The topological polar surface area (TPSA) is 32.5 Å². The second-order valence-corrected chi connectivity index (χ2v) is 8.22. The summed E-state index contributed by atoms with van der Waals surface area (Å²) in [7, 11) is 2.24. The molecule has 2 aromatic heterocycles. The van der Waals surface area contributed by atoms with Crippen molar-refractivity contribution in [2.24, 2.45) is 0 Å². The Morgan fingerprint density at radius 3 is 2.67 bits per heavy atom. The van der Waals surface area contributed by atoms with E-state index in [1.54, 1.807) is 0 Å². The summed E-state index contributed by atoms with van der Waals surface area (Å²) in [6.45, 7) is 7.38. The van der Waals surface area contributed by atoms with Crippen LogP contribution in [0.25, 0.3) is 21.9 Å². The lowest BCUT2D eigenvalue weighted by molar-refractivity contribution is 0.638. The van der Waals surface area contributed by atoms with Crippen LogP contribution in [0.4, 0.5) is 17.2 Å². The smallest absolute Gasteiger partial charge is 0.159 e. The van der Waals surface area contributed by atoms with E-state index >= 15 is 0 Å². The molecule has 0 atom stereocenters. The van der Waals surface area contributed by atoms with Gasteiger partial charge in [0, 0.05) is 22.4 Å². The van der Waals surface area contributed by atoms with E-state index in [1.807, 2.05) is 24.4 Å². The summed E-state index contributed by atoms with van der Waals surface area (Å²) in [5.41, 5.74) is 5.32. The third-order valence-corrected chi connectivity index (χ3v) is 5.40. The molecule has 0 saturated heterocycles. The first-order valence-electron chi connectivity index (χ1n) is 9.36. The highest BCUT2D eigenvalue weighted by Gasteiger charge is 2.36. The van der Waals surface area contributed by atoms with E-state index in [4.69, 9.17) is 9.40 Å². The number of aryl methyl sites for hydroxylation is 1. The van der Waals surface area contributed by atoms with Crippen LogP contribution in [0.15, 0.2) is 59.1 Å². The monoisotopic (exact) mass is 355 g/mol. The van der Waals surface area contributed by atoms with Crippen molar-refractivity contribution < 1.29 is 4.42 Å². The molecule has 0 bridgehead atoms. The Kier molecular flexibility index (Phi) is 3.32. The zero-order valence-corrected chi connectivity index (χ0v) is 16.2. The van der Waals surface area contributed by atoms with Gasteiger partial charge in [-0.05, 0) is 44.5 Å². The third-order valence-electron chi connectivity index (χ3n) is 5.40. The number of benzene rings is 2. The molecule has 3 heterocycles. The molecule has 134 valence electrons. The van der Waals surface area contributed by atoms with E-state index in [-0.39, 0.29) is 5.44 Å². The molecule has 2 aromatic carbocycles. The van der Waals surface area contributed by atoms with Crippen molar-refractivity contribution in [3.05, 3.63) is 60.3 Å². The van der Waals surface area contributed by atoms with Crippen molar-refractivity contribution in [3.63, 3.8) is 0 Å². The Hall–Kier alpha value is -2.95. The van der Waals surface area contributed by atoms with E-state index in [2.05, 4.69) is 68.7 Å².